The number of nitrogens with zero attached hydrogens (tertiary/aromatic N) is 1. The van der Waals surface area contributed by atoms with Crippen molar-refractivity contribution < 1.29 is 23.7 Å². The molecule has 0 radical (unpaired) electrons. The molecule has 3 rings (SSSR count). The van der Waals surface area contributed by atoms with Gasteiger partial charge < -0.3 is 23.8 Å². The number of fused-ring (bicyclic) bond motifs is 1. The van der Waals surface area contributed by atoms with E-state index in [4.69, 9.17) is 18.9 Å². The number of benzene rings is 1. The average Bonchev–Trinajstić information content (AvgIpc) is 3.05. The number of esters is 1. The van der Waals surface area contributed by atoms with E-state index in [1.54, 1.807) is 14.2 Å². The quantitative estimate of drug-likeness (QED) is 0.499. The fourth-order valence-electron chi connectivity index (χ4n) is 4.85. The van der Waals surface area contributed by atoms with E-state index >= 15 is 0 Å². The number of likely N-dealkylation sites (N-methyl/N-ethyl adjacent to an activating group) is 1. The molecule has 1 aliphatic heterocycles. The van der Waals surface area contributed by atoms with Crippen molar-refractivity contribution >= 4 is 5.97 Å². The van der Waals surface area contributed by atoms with Crippen LogP contribution in [0.3, 0.4) is 0 Å². The number of carbonyl (C=O) groups is 1. The predicted octanol–water partition coefficient (Wildman–Crippen LogP) is 3.52. The lowest BCUT2D eigenvalue weighted by Crippen LogP contribution is -2.48. The molecule has 1 aromatic carbocycles. The van der Waals surface area contributed by atoms with Crippen LogP contribution in [-0.4, -0.2) is 57.6 Å². The van der Waals surface area contributed by atoms with Crippen molar-refractivity contribution in [3.05, 3.63) is 23.8 Å². The third-order valence-electron chi connectivity index (χ3n) is 6.42. The number of likely N-dealkylation sites (tertiary alicyclic amines) is 1. The summed E-state index contributed by atoms with van der Waals surface area (Å²) in [6.07, 6.45) is 5.44. The first-order valence-corrected chi connectivity index (χ1v) is 10.2. The Morgan fingerprint density at radius 3 is 2.71 bits per heavy atom. The summed E-state index contributed by atoms with van der Waals surface area (Å²) in [6.45, 7) is 3.09. The molecule has 1 aliphatic carbocycles. The highest BCUT2D eigenvalue weighted by Gasteiger charge is 2.50. The van der Waals surface area contributed by atoms with Crippen molar-refractivity contribution in [1.29, 1.82) is 0 Å². The highest BCUT2D eigenvalue weighted by atomic mass is 16.7. The van der Waals surface area contributed by atoms with Crippen molar-refractivity contribution in [2.75, 3.05) is 34.6 Å². The van der Waals surface area contributed by atoms with Gasteiger partial charge in [-0.15, -0.1) is 0 Å². The van der Waals surface area contributed by atoms with Crippen molar-refractivity contribution in [2.24, 2.45) is 0 Å². The molecule has 0 spiro atoms. The van der Waals surface area contributed by atoms with Gasteiger partial charge in [-0.1, -0.05) is 13.0 Å². The second-order valence-electron chi connectivity index (χ2n) is 7.92. The standard InChI is InChI=1S/C22H33NO5/c1-5-6-21(24)28-15-27-17-9-10-22(11-12-23(2)20(22)14-17)16-7-8-18(25-3)19(13-16)26-4/h7-8,13,17,20H,5-6,9-12,14-15H2,1-4H3/t17-,20+,22+/m1/s1. The van der Waals surface area contributed by atoms with Gasteiger partial charge in [0.15, 0.2) is 18.3 Å². The maximum absolute atomic E-state index is 11.5. The maximum atomic E-state index is 11.5. The molecule has 1 saturated heterocycles. The zero-order chi connectivity index (χ0) is 20.1. The van der Waals surface area contributed by atoms with Gasteiger partial charge in [-0.25, -0.2) is 0 Å². The monoisotopic (exact) mass is 391 g/mol. The van der Waals surface area contributed by atoms with E-state index in [2.05, 4.69) is 24.1 Å². The predicted molar refractivity (Wildman–Crippen MR) is 107 cm³/mol. The minimum atomic E-state index is -0.184. The molecule has 0 aromatic heterocycles. The first-order valence-electron chi connectivity index (χ1n) is 10.2. The van der Waals surface area contributed by atoms with E-state index in [-0.39, 0.29) is 24.3 Å². The minimum absolute atomic E-state index is 0.0588. The normalized spacial score (nSPS) is 27.3. The molecule has 2 aliphatic rings. The van der Waals surface area contributed by atoms with E-state index in [1.807, 2.05) is 13.0 Å². The van der Waals surface area contributed by atoms with Crippen molar-refractivity contribution in [3.8, 4) is 11.5 Å². The summed E-state index contributed by atoms with van der Waals surface area (Å²) >= 11 is 0. The Bertz CT molecular complexity index is 679. The Morgan fingerprint density at radius 1 is 1.21 bits per heavy atom. The molecule has 6 heteroatoms. The van der Waals surface area contributed by atoms with Crippen LogP contribution >= 0.6 is 0 Å². The van der Waals surface area contributed by atoms with Crippen molar-refractivity contribution in [3.63, 3.8) is 0 Å². The summed E-state index contributed by atoms with van der Waals surface area (Å²) in [6, 6.07) is 6.73. The van der Waals surface area contributed by atoms with Gasteiger partial charge in [0.25, 0.3) is 0 Å². The SMILES string of the molecule is CCCC(=O)OCO[C@@H]1CC[C@@]2(c3ccc(OC)c(OC)c3)CCN(C)[C@H]2C1. The van der Waals surface area contributed by atoms with E-state index in [0.717, 1.165) is 50.1 Å². The average molecular weight is 392 g/mol. The second kappa shape index (κ2) is 9.14. The molecule has 0 unspecified atom stereocenters. The highest BCUT2D eigenvalue weighted by Crippen LogP contribution is 2.50. The maximum Gasteiger partial charge on any atom is 0.307 e. The molecule has 156 valence electrons. The van der Waals surface area contributed by atoms with Crippen molar-refractivity contribution in [2.45, 2.75) is 63.0 Å². The number of hydrogen-bond donors (Lipinski definition) is 0. The summed E-state index contributed by atoms with van der Waals surface area (Å²) in [5.74, 6) is 1.36. The lowest BCUT2D eigenvalue weighted by atomic mass is 9.65. The Hall–Kier alpha value is -1.79. The highest BCUT2D eigenvalue weighted by molar-refractivity contribution is 5.69. The van der Waals surface area contributed by atoms with Gasteiger partial charge in [-0.05, 0) is 63.4 Å². The molecular weight excluding hydrogens is 358 g/mol. The Balaban J connectivity index is 1.70. The number of hydrogen-bond acceptors (Lipinski definition) is 6. The van der Waals surface area contributed by atoms with Crippen LogP contribution in [-0.2, 0) is 19.7 Å². The van der Waals surface area contributed by atoms with Crippen LogP contribution in [0.4, 0.5) is 0 Å². The molecular formula is C22H33NO5. The lowest BCUT2D eigenvalue weighted by Gasteiger charge is -2.44. The first kappa shape index (κ1) is 20.9. The zero-order valence-electron chi connectivity index (χ0n) is 17.5. The van der Waals surface area contributed by atoms with Crippen LogP contribution in [0.1, 0.15) is 51.0 Å². The summed E-state index contributed by atoms with van der Waals surface area (Å²) in [5.41, 5.74) is 1.42. The van der Waals surface area contributed by atoms with Gasteiger partial charge >= 0.3 is 5.97 Å². The fourth-order valence-corrected chi connectivity index (χ4v) is 4.85. The fraction of sp³-hybridized carbons (Fsp3) is 0.682. The van der Waals surface area contributed by atoms with E-state index in [0.29, 0.717) is 12.5 Å². The third-order valence-corrected chi connectivity index (χ3v) is 6.42. The molecule has 6 nitrogen and oxygen atoms in total. The number of methoxy groups -OCH3 is 2. The van der Waals surface area contributed by atoms with Gasteiger partial charge in [0.1, 0.15) is 0 Å². The molecule has 0 bridgehead atoms. The van der Waals surface area contributed by atoms with Crippen LogP contribution in [0.25, 0.3) is 0 Å². The first-order chi connectivity index (χ1) is 13.5. The van der Waals surface area contributed by atoms with Gasteiger partial charge in [-0.3, -0.25) is 4.79 Å². The number of carbonyl (C=O) groups excluding carboxylic acids is 1. The lowest BCUT2D eigenvalue weighted by molar-refractivity contribution is -0.163. The Labute approximate surface area is 168 Å². The molecule has 1 saturated carbocycles. The van der Waals surface area contributed by atoms with Gasteiger partial charge in [0.05, 0.1) is 20.3 Å². The number of rotatable bonds is 8. The van der Waals surface area contributed by atoms with Crippen LogP contribution < -0.4 is 9.47 Å². The minimum Gasteiger partial charge on any atom is -0.493 e. The molecule has 2 fully saturated rings. The van der Waals surface area contributed by atoms with Gasteiger partial charge in [0.2, 0.25) is 0 Å². The topological polar surface area (TPSA) is 57.2 Å². The van der Waals surface area contributed by atoms with Crippen LogP contribution in [0.5, 0.6) is 11.5 Å². The van der Waals surface area contributed by atoms with E-state index < -0.39 is 0 Å². The number of ether oxygens (including phenoxy) is 4. The second-order valence-corrected chi connectivity index (χ2v) is 7.92. The Morgan fingerprint density at radius 2 is 2.00 bits per heavy atom. The molecule has 0 amide bonds. The van der Waals surface area contributed by atoms with Gasteiger partial charge in [-0.2, -0.15) is 0 Å². The van der Waals surface area contributed by atoms with E-state index in [1.165, 1.54) is 5.56 Å². The van der Waals surface area contributed by atoms with Crippen LogP contribution in [0, 0.1) is 0 Å². The smallest absolute Gasteiger partial charge is 0.307 e. The van der Waals surface area contributed by atoms with Crippen LogP contribution in [0.2, 0.25) is 0 Å². The zero-order valence-corrected chi connectivity index (χ0v) is 17.5. The summed E-state index contributed by atoms with van der Waals surface area (Å²) < 4.78 is 22.0. The molecule has 0 N–H and O–H groups in total. The van der Waals surface area contributed by atoms with Crippen molar-refractivity contribution in [1.82, 2.24) is 4.90 Å². The molecule has 1 heterocycles. The van der Waals surface area contributed by atoms with E-state index in [9.17, 15) is 4.79 Å². The Kier molecular flexibility index (Phi) is 6.83. The summed E-state index contributed by atoms with van der Waals surface area (Å²) in [5, 5.41) is 0. The molecule has 1 aromatic rings. The third kappa shape index (κ3) is 4.13. The van der Waals surface area contributed by atoms with Crippen LogP contribution in [0.15, 0.2) is 18.2 Å². The largest absolute Gasteiger partial charge is 0.493 e. The molecule has 28 heavy (non-hydrogen) atoms. The summed E-state index contributed by atoms with van der Waals surface area (Å²) in [7, 11) is 5.54. The summed E-state index contributed by atoms with van der Waals surface area (Å²) in [4.78, 5) is 14.0. The molecule has 3 atom stereocenters. The van der Waals surface area contributed by atoms with Gasteiger partial charge in [0, 0.05) is 17.9 Å².